The Balaban J connectivity index is -0.000000405. The van der Waals surface area contributed by atoms with Crippen LogP contribution in [0.1, 0.15) is 6.42 Å². The van der Waals surface area contributed by atoms with E-state index < -0.39 is 21.7 Å². The minimum Gasteiger partial charge on any atom is -0.748 e. The first-order valence-electron chi connectivity index (χ1n) is 2.54. The molecule has 5 nitrogen and oxygen atoms in total. The Labute approximate surface area is 93.2 Å². The van der Waals surface area contributed by atoms with Crippen LogP contribution in [0.2, 0.25) is 0 Å². The molecule has 0 aromatic heterocycles. The van der Waals surface area contributed by atoms with Crippen molar-refractivity contribution in [3.63, 3.8) is 0 Å². The molecule has 0 atom stereocenters. The third-order valence-corrected chi connectivity index (χ3v) is 1.53. The van der Waals surface area contributed by atoms with Gasteiger partial charge in [0.15, 0.2) is 5.78 Å². The first-order chi connectivity index (χ1) is 4.45. The summed E-state index contributed by atoms with van der Waals surface area (Å²) in [6, 6.07) is 0. The summed E-state index contributed by atoms with van der Waals surface area (Å²) in [6.07, 6.45) is 0.723. The third-order valence-electron chi connectivity index (χ3n) is 0.826. The van der Waals surface area contributed by atoms with Crippen molar-refractivity contribution in [1.82, 2.24) is 0 Å². The van der Waals surface area contributed by atoms with Crippen LogP contribution in [0.25, 0.3) is 0 Å². The van der Waals surface area contributed by atoms with E-state index in [0.717, 1.165) is 6.08 Å². The molecule has 0 aliphatic rings. The molecule has 0 saturated heterocycles. The van der Waals surface area contributed by atoms with Gasteiger partial charge in [0.25, 0.3) is 0 Å². The number of rotatable bonds is 4. The quantitative estimate of drug-likeness (QED) is 0.263. The van der Waals surface area contributed by atoms with Crippen LogP contribution in [0.3, 0.4) is 0 Å². The zero-order valence-corrected chi connectivity index (χ0v) is 9.56. The summed E-state index contributed by atoms with van der Waals surface area (Å²) in [5, 5.41) is 0. The molecular weight excluding hydrogens is 195 g/mol. The second-order valence-electron chi connectivity index (χ2n) is 1.68. The second-order valence-corrected chi connectivity index (χ2v) is 3.21. The van der Waals surface area contributed by atoms with E-state index >= 15 is 0 Å². The van der Waals surface area contributed by atoms with Crippen LogP contribution in [-0.2, 0) is 14.9 Å². The van der Waals surface area contributed by atoms with E-state index in [1.807, 2.05) is 0 Å². The Bertz CT molecular complexity index is 232. The van der Waals surface area contributed by atoms with Gasteiger partial charge in [0, 0.05) is 12.2 Å². The molecular formula is C5H9NaO5S. The second kappa shape index (κ2) is 7.90. The molecule has 0 aromatic carbocycles. The Morgan fingerprint density at radius 3 is 2.17 bits per heavy atom. The summed E-state index contributed by atoms with van der Waals surface area (Å²) in [7, 11) is -4.25. The van der Waals surface area contributed by atoms with Crippen molar-refractivity contribution in [2.45, 2.75) is 6.42 Å². The molecule has 0 aliphatic heterocycles. The molecule has 0 amide bonds. The average molecular weight is 204 g/mol. The van der Waals surface area contributed by atoms with Crippen LogP contribution >= 0.6 is 0 Å². The number of carbonyl (C=O) groups is 1. The van der Waals surface area contributed by atoms with Crippen molar-refractivity contribution in [1.29, 1.82) is 0 Å². The van der Waals surface area contributed by atoms with Gasteiger partial charge in [0.05, 0.1) is 10.1 Å². The van der Waals surface area contributed by atoms with Crippen molar-refractivity contribution < 1.29 is 52.8 Å². The molecule has 7 heteroatoms. The minimum atomic E-state index is -4.25. The van der Waals surface area contributed by atoms with Crippen LogP contribution in [0.4, 0.5) is 0 Å². The molecule has 0 rings (SSSR count). The Kier molecular flexibility index (Phi) is 12.0. The monoisotopic (exact) mass is 204 g/mol. The maximum absolute atomic E-state index is 10.3. The molecule has 0 radical (unpaired) electrons. The van der Waals surface area contributed by atoms with Gasteiger partial charge >= 0.3 is 29.6 Å². The topological polar surface area (TPSA) is 106 Å². The fourth-order valence-corrected chi connectivity index (χ4v) is 0.779. The van der Waals surface area contributed by atoms with Gasteiger partial charge in [-0.15, -0.1) is 0 Å². The van der Waals surface area contributed by atoms with Gasteiger partial charge in [-0.3, -0.25) is 4.79 Å². The Morgan fingerprint density at radius 1 is 1.50 bits per heavy atom. The SMILES string of the molecule is C=CC(=O)CCS(=O)(=O)[O-].O.[Na+]. The molecule has 66 valence electrons. The molecule has 0 bridgehead atoms. The van der Waals surface area contributed by atoms with Crippen LogP contribution in [0, 0.1) is 0 Å². The summed E-state index contributed by atoms with van der Waals surface area (Å²) in [5.74, 6) is -1.07. The van der Waals surface area contributed by atoms with Gasteiger partial charge in [-0.1, -0.05) is 6.58 Å². The van der Waals surface area contributed by atoms with Crippen molar-refractivity contribution in [3.05, 3.63) is 12.7 Å². The van der Waals surface area contributed by atoms with Crippen LogP contribution in [0.15, 0.2) is 12.7 Å². The van der Waals surface area contributed by atoms with E-state index in [2.05, 4.69) is 6.58 Å². The molecule has 2 N–H and O–H groups in total. The first-order valence-corrected chi connectivity index (χ1v) is 4.12. The smallest absolute Gasteiger partial charge is 0.748 e. The normalized spacial score (nSPS) is 9.08. The summed E-state index contributed by atoms with van der Waals surface area (Å²) in [5.41, 5.74) is 0. The molecule has 0 saturated carbocycles. The van der Waals surface area contributed by atoms with Crippen LogP contribution in [0.5, 0.6) is 0 Å². The number of hydrogen-bond donors (Lipinski definition) is 0. The molecule has 0 spiro atoms. The summed E-state index contributed by atoms with van der Waals surface area (Å²) >= 11 is 0. The van der Waals surface area contributed by atoms with Crippen molar-refractivity contribution in [2.24, 2.45) is 0 Å². The van der Waals surface area contributed by atoms with Crippen molar-refractivity contribution in [2.75, 3.05) is 5.75 Å². The van der Waals surface area contributed by atoms with Gasteiger partial charge < -0.3 is 10.0 Å². The number of hydrogen-bond acceptors (Lipinski definition) is 4. The van der Waals surface area contributed by atoms with E-state index in [1.54, 1.807) is 0 Å². The molecule has 0 heterocycles. The minimum absolute atomic E-state index is 0. The molecule has 0 unspecified atom stereocenters. The van der Waals surface area contributed by atoms with Crippen LogP contribution < -0.4 is 29.6 Å². The standard InChI is InChI=1S/C5H8O4S.Na.H2O/c1-2-5(6)3-4-10(7,8)9;;/h2H,1,3-4H2,(H,7,8,9);;1H2/q;+1;/p-1. The van der Waals surface area contributed by atoms with E-state index in [0.29, 0.717) is 0 Å². The van der Waals surface area contributed by atoms with Gasteiger partial charge in [-0.05, 0) is 6.08 Å². The summed E-state index contributed by atoms with van der Waals surface area (Å²) in [4.78, 5) is 10.3. The Morgan fingerprint density at radius 2 is 1.92 bits per heavy atom. The van der Waals surface area contributed by atoms with Crippen molar-refractivity contribution >= 4 is 15.9 Å². The van der Waals surface area contributed by atoms with Crippen LogP contribution in [-0.4, -0.2) is 30.0 Å². The predicted molar refractivity (Wildman–Crippen MR) is 38.0 cm³/mol. The van der Waals surface area contributed by atoms with Gasteiger partial charge in [0.1, 0.15) is 0 Å². The van der Waals surface area contributed by atoms with E-state index in [4.69, 9.17) is 0 Å². The predicted octanol–water partition coefficient (Wildman–Crippen LogP) is -4.14. The fourth-order valence-electron chi connectivity index (χ4n) is 0.328. The zero-order chi connectivity index (χ0) is 8.20. The van der Waals surface area contributed by atoms with Gasteiger partial charge in [0.2, 0.25) is 0 Å². The molecule has 0 fully saturated rings. The summed E-state index contributed by atoms with van der Waals surface area (Å²) in [6.45, 7) is 3.11. The van der Waals surface area contributed by atoms with Gasteiger partial charge in [-0.2, -0.15) is 0 Å². The summed E-state index contributed by atoms with van der Waals surface area (Å²) < 4.78 is 29.7. The fraction of sp³-hybridized carbons (Fsp3) is 0.400. The largest absolute Gasteiger partial charge is 1.00 e. The molecule has 0 aliphatic carbocycles. The maximum Gasteiger partial charge on any atom is 1.00 e. The third kappa shape index (κ3) is 12.9. The van der Waals surface area contributed by atoms with E-state index in [1.165, 1.54) is 0 Å². The Hall–Kier alpha value is 0.280. The zero-order valence-electron chi connectivity index (χ0n) is 6.74. The number of ketones is 1. The number of allylic oxidation sites excluding steroid dienone is 1. The van der Waals surface area contributed by atoms with Crippen molar-refractivity contribution in [3.8, 4) is 0 Å². The maximum atomic E-state index is 10.3. The molecule has 12 heavy (non-hydrogen) atoms. The first kappa shape index (κ1) is 18.1. The average Bonchev–Trinajstić information content (AvgIpc) is 1.81. The number of carbonyl (C=O) groups excluding carboxylic acids is 1. The van der Waals surface area contributed by atoms with E-state index in [-0.39, 0.29) is 41.5 Å². The molecule has 0 aromatic rings. The van der Waals surface area contributed by atoms with Gasteiger partial charge in [-0.25, -0.2) is 8.42 Å². The van der Waals surface area contributed by atoms with E-state index in [9.17, 15) is 17.8 Å².